The number of hydrogen-bond donors (Lipinski definition) is 2. The van der Waals surface area contributed by atoms with Crippen molar-refractivity contribution in [3.05, 3.63) is 32.6 Å². The summed E-state index contributed by atoms with van der Waals surface area (Å²) in [4.78, 5) is 25.3. The molecule has 0 fully saturated rings. The molecule has 2 N–H and O–H groups in total. The summed E-state index contributed by atoms with van der Waals surface area (Å²) in [6.07, 6.45) is 1.38. The highest BCUT2D eigenvalue weighted by atomic mass is 16.3. The molecular weight excluding hydrogens is 122 g/mol. The van der Waals surface area contributed by atoms with E-state index in [9.17, 15) is 9.59 Å². The molecule has 1 aromatic heterocycles. The first-order chi connectivity index (χ1) is 4.20. The van der Waals surface area contributed by atoms with Crippen LogP contribution in [0.4, 0.5) is 0 Å². The van der Waals surface area contributed by atoms with Crippen molar-refractivity contribution < 1.29 is 0 Å². The largest absolute Gasteiger partial charge is 0.325 e. The van der Waals surface area contributed by atoms with E-state index >= 15 is 0 Å². The molecule has 48 valence electrons. The number of hydrogen-bond acceptors (Lipinski definition) is 2. The van der Waals surface area contributed by atoms with Crippen molar-refractivity contribution in [3.63, 3.8) is 0 Å². The topological polar surface area (TPSA) is 65.7 Å². The first-order valence-corrected chi connectivity index (χ1v) is 2.49. The molecule has 4 nitrogen and oxygen atoms in total. The molecule has 0 aromatic carbocycles. The SMILES string of the molecule is Cc1c[nH]c(=O)[nH][14c]1=O. The van der Waals surface area contributed by atoms with Gasteiger partial charge in [0, 0.05) is 11.8 Å². The maximum Gasteiger partial charge on any atom is 0.325 e. The summed E-state index contributed by atoms with van der Waals surface area (Å²) < 4.78 is 0. The number of nitrogens with one attached hydrogen (secondary N) is 2. The summed E-state index contributed by atoms with van der Waals surface area (Å²) in [5, 5.41) is 0. The molecule has 0 saturated heterocycles. The molecule has 0 saturated carbocycles. The van der Waals surface area contributed by atoms with Gasteiger partial charge >= 0.3 is 5.69 Å². The molecular formula is C5H6N2O2. The molecule has 1 rings (SSSR count). The van der Waals surface area contributed by atoms with Crippen molar-refractivity contribution in [1.29, 1.82) is 0 Å². The van der Waals surface area contributed by atoms with Crippen molar-refractivity contribution in [1.82, 2.24) is 9.97 Å². The highest BCUT2D eigenvalue weighted by molar-refractivity contribution is 4.98. The minimum Gasteiger partial charge on any atom is -0.314 e. The average molecular weight is 128 g/mol. The van der Waals surface area contributed by atoms with E-state index in [-0.39, 0.29) is 5.56 Å². The molecule has 0 bridgehead atoms. The van der Waals surface area contributed by atoms with E-state index in [1.54, 1.807) is 6.92 Å². The van der Waals surface area contributed by atoms with E-state index in [0.717, 1.165) is 0 Å². The van der Waals surface area contributed by atoms with Crippen LogP contribution < -0.4 is 11.2 Å². The predicted octanol–water partition coefficient (Wildman–Crippen LogP) is -0.628. The molecule has 4 heteroatoms. The predicted molar refractivity (Wildman–Crippen MR) is 32.4 cm³/mol. The minimum absolute atomic E-state index is 0.334. The monoisotopic (exact) mass is 128 g/mol. The second kappa shape index (κ2) is 1.89. The van der Waals surface area contributed by atoms with Gasteiger partial charge in [-0.25, -0.2) is 4.79 Å². The van der Waals surface area contributed by atoms with Crippen LogP contribution in [-0.4, -0.2) is 9.97 Å². The summed E-state index contributed by atoms with van der Waals surface area (Å²) in [5.74, 6) is 0. The zero-order valence-corrected chi connectivity index (χ0v) is 4.89. The first kappa shape index (κ1) is 5.81. The molecule has 0 radical (unpaired) electrons. The maximum atomic E-state index is 10.6. The average Bonchev–Trinajstić information content (AvgIpc) is 1.80. The highest BCUT2D eigenvalue weighted by Crippen LogP contribution is 1.73. The van der Waals surface area contributed by atoms with Gasteiger partial charge in [-0.05, 0) is 6.92 Å². The van der Waals surface area contributed by atoms with Crippen LogP contribution in [-0.2, 0) is 0 Å². The number of H-pyrrole nitrogens is 2. The Bertz CT molecular complexity index is 309. The van der Waals surface area contributed by atoms with Gasteiger partial charge in [0.05, 0.1) is 0 Å². The molecule has 1 aromatic rings. The van der Waals surface area contributed by atoms with E-state index in [0.29, 0.717) is 5.56 Å². The van der Waals surface area contributed by atoms with Crippen LogP contribution in [0.1, 0.15) is 5.56 Å². The van der Waals surface area contributed by atoms with Crippen LogP contribution in [0.2, 0.25) is 0 Å². The first-order valence-electron chi connectivity index (χ1n) is 2.49. The van der Waals surface area contributed by atoms with E-state index in [2.05, 4.69) is 9.97 Å². The van der Waals surface area contributed by atoms with Gasteiger partial charge in [-0.3, -0.25) is 9.78 Å². The van der Waals surface area contributed by atoms with E-state index in [1.165, 1.54) is 6.20 Å². The Kier molecular flexibility index (Phi) is 1.22. The fraction of sp³-hybridized carbons (Fsp3) is 0.200. The van der Waals surface area contributed by atoms with E-state index in [4.69, 9.17) is 0 Å². The molecule has 0 atom stereocenters. The Morgan fingerprint density at radius 3 is 2.78 bits per heavy atom. The van der Waals surface area contributed by atoms with Crippen LogP contribution in [0.25, 0.3) is 0 Å². The number of aryl methyl sites for hydroxylation is 1. The molecule has 0 unspecified atom stereocenters. The van der Waals surface area contributed by atoms with Crippen molar-refractivity contribution in [3.8, 4) is 0 Å². The van der Waals surface area contributed by atoms with Gasteiger partial charge in [-0.2, -0.15) is 0 Å². The van der Waals surface area contributed by atoms with Gasteiger partial charge < -0.3 is 4.98 Å². The van der Waals surface area contributed by atoms with Crippen molar-refractivity contribution in [2.45, 2.75) is 6.92 Å². The summed E-state index contributed by atoms with van der Waals surface area (Å²) in [5.41, 5.74) is -0.293. The van der Waals surface area contributed by atoms with Crippen molar-refractivity contribution >= 4 is 0 Å². The van der Waals surface area contributed by atoms with Gasteiger partial charge in [0.25, 0.3) is 5.56 Å². The van der Waals surface area contributed by atoms with Crippen LogP contribution >= 0.6 is 0 Å². The zero-order valence-electron chi connectivity index (χ0n) is 4.89. The second-order valence-electron chi connectivity index (χ2n) is 1.75. The Labute approximate surface area is 50.6 Å². The Hall–Kier alpha value is -1.32. The van der Waals surface area contributed by atoms with Crippen molar-refractivity contribution in [2.75, 3.05) is 0 Å². The lowest BCUT2D eigenvalue weighted by atomic mass is 10.6. The standard InChI is InChI=1S/C5H6N2O2/c1-3-2-6-5(9)7-4(3)8/h2H,1H3,(H2,6,7,8,9)/i4+2. The molecule has 0 spiro atoms. The molecule has 0 aliphatic rings. The Morgan fingerprint density at radius 1 is 1.67 bits per heavy atom. The maximum absolute atomic E-state index is 10.6. The third-order valence-corrected chi connectivity index (χ3v) is 1.00. The Balaban J connectivity index is 3.52. The molecule has 0 amide bonds. The smallest absolute Gasteiger partial charge is 0.314 e. The normalized spacial score (nSPS) is 9.44. The molecule has 9 heavy (non-hydrogen) atoms. The summed E-state index contributed by atoms with van der Waals surface area (Å²) >= 11 is 0. The van der Waals surface area contributed by atoms with Crippen LogP contribution in [0.15, 0.2) is 15.8 Å². The Morgan fingerprint density at radius 2 is 2.33 bits per heavy atom. The summed E-state index contributed by atoms with van der Waals surface area (Å²) in [7, 11) is 0. The van der Waals surface area contributed by atoms with Gasteiger partial charge in [0.2, 0.25) is 0 Å². The molecule has 1 heterocycles. The minimum atomic E-state index is -0.467. The van der Waals surface area contributed by atoms with E-state index < -0.39 is 5.69 Å². The van der Waals surface area contributed by atoms with Gasteiger partial charge in [-0.15, -0.1) is 0 Å². The zero-order chi connectivity index (χ0) is 6.85. The van der Waals surface area contributed by atoms with Crippen LogP contribution in [0.3, 0.4) is 0 Å². The highest BCUT2D eigenvalue weighted by Gasteiger charge is 1.88. The third-order valence-electron chi connectivity index (χ3n) is 1.00. The van der Waals surface area contributed by atoms with Crippen LogP contribution in [0.5, 0.6) is 0 Å². The lowest BCUT2D eigenvalue weighted by molar-refractivity contribution is 1.01. The second-order valence-corrected chi connectivity index (χ2v) is 1.75. The summed E-state index contributed by atoms with van der Waals surface area (Å²) in [6.45, 7) is 1.62. The van der Waals surface area contributed by atoms with Crippen LogP contribution in [0, 0.1) is 6.92 Å². The van der Waals surface area contributed by atoms with Gasteiger partial charge in [-0.1, -0.05) is 0 Å². The third kappa shape index (κ3) is 1.07. The quantitative estimate of drug-likeness (QED) is 0.488. The molecule has 0 aliphatic carbocycles. The summed E-state index contributed by atoms with van der Waals surface area (Å²) in [6, 6.07) is 0. The number of aromatic nitrogens is 2. The lowest BCUT2D eigenvalue weighted by Gasteiger charge is -1.84. The fourth-order valence-corrected chi connectivity index (χ4v) is 0.477. The van der Waals surface area contributed by atoms with Gasteiger partial charge in [0.15, 0.2) is 0 Å². The molecule has 0 aliphatic heterocycles. The lowest BCUT2D eigenvalue weighted by Crippen LogP contribution is -2.22. The number of rotatable bonds is 0. The fourth-order valence-electron chi connectivity index (χ4n) is 0.477. The number of aromatic amines is 2. The van der Waals surface area contributed by atoms with Gasteiger partial charge in [0.1, 0.15) is 0 Å². The van der Waals surface area contributed by atoms with E-state index in [1.807, 2.05) is 0 Å². The van der Waals surface area contributed by atoms with Crippen molar-refractivity contribution in [2.24, 2.45) is 0 Å².